The van der Waals surface area contributed by atoms with Gasteiger partial charge in [0.2, 0.25) is 5.91 Å². The molecule has 3 atom stereocenters. The van der Waals surface area contributed by atoms with Crippen LogP contribution in [0.2, 0.25) is 0 Å². The van der Waals surface area contributed by atoms with Crippen molar-refractivity contribution in [2.75, 3.05) is 72.2 Å². The summed E-state index contributed by atoms with van der Waals surface area (Å²) in [6.07, 6.45) is -0.526. The fraction of sp³-hybridized carbons (Fsp3) is 0.400. The summed E-state index contributed by atoms with van der Waals surface area (Å²) in [5.41, 5.74) is -2.53. The quantitative estimate of drug-likeness (QED) is 0.0594. The van der Waals surface area contributed by atoms with Crippen molar-refractivity contribution in [3.8, 4) is 0 Å². The van der Waals surface area contributed by atoms with Crippen molar-refractivity contribution in [3.63, 3.8) is 0 Å². The van der Waals surface area contributed by atoms with Gasteiger partial charge in [-0.3, -0.25) is 52.7 Å². The Morgan fingerprint density at radius 2 is 1.12 bits per heavy atom. The second-order valence-corrected chi connectivity index (χ2v) is 16.7. The Balaban J connectivity index is 1.35. The van der Waals surface area contributed by atoms with E-state index in [1.165, 1.54) is 23.1 Å². The first-order valence-corrected chi connectivity index (χ1v) is 23.1. The van der Waals surface area contributed by atoms with E-state index in [0.29, 0.717) is 0 Å². The molecular formula is C45H54N12O17. The number of hydrogen-bond donors (Lipinski definition) is 10. The van der Waals surface area contributed by atoms with E-state index in [9.17, 15) is 73.6 Å². The van der Waals surface area contributed by atoms with Gasteiger partial charge in [0.15, 0.2) is 0 Å². The van der Waals surface area contributed by atoms with Crippen LogP contribution in [0.4, 0.5) is 0 Å². The zero-order valence-electron chi connectivity index (χ0n) is 39.5. The average molecular weight is 1030 g/mol. The topological polar surface area (TPSA) is 400 Å². The van der Waals surface area contributed by atoms with E-state index in [0.717, 1.165) is 47.4 Å². The number of hydrogen-bond acceptors (Lipinski definition) is 18. The van der Waals surface area contributed by atoms with Crippen molar-refractivity contribution >= 4 is 41.4 Å². The molecule has 4 aliphatic rings. The molecule has 1 unspecified atom stereocenters. The highest BCUT2D eigenvalue weighted by atomic mass is 16.5. The summed E-state index contributed by atoms with van der Waals surface area (Å²) < 4.78 is 10.8. The molecule has 0 radical (unpaired) electrons. The number of fused-ring (bicyclic) bond motifs is 2. The Bertz CT molecular complexity index is 3020. The largest absolute Gasteiger partial charge is 0.425 e. The normalized spacial score (nSPS) is 18.6. The van der Waals surface area contributed by atoms with Crippen molar-refractivity contribution < 1.29 is 63.9 Å². The summed E-state index contributed by atoms with van der Waals surface area (Å²) in [4.78, 5) is 149. The molecule has 4 aliphatic heterocycles. The molecule has 29 nitrogen and oxygen atoms in total. The van der Waals surface area contributed by atoms with Gasteiger partial charge in [0.1, 0.15) is 39.9 Å². The minimum absolute atomic E-state index is 0.001000. The lowest BCUT2D eigenvalue weighted by atomic mass is 10.1. The van der Waals surface area contributed by atoms with Crippen LogP contribution in [0.5, 0.6) is 0 Å². The van der Waals surface area contributed by atoms with E-state index in [1.807, 2.05) is 0 Å². The summed E-state index contributed by atoms with van der Waals surface area (Å²) in [5.74, 6) is -6.75. The fourth-order valence-corrected chi connectivity index (χ4v) is 7.94. The van der Waals surface area contributed by atoms with Gasteiger partial charge in [0.05, 0.1) is 38.5 Å². The minimum atomic E-state index is -1.45. The lowest BCUT2D eigenvalue weighted by molar-refractivity contribution is -0.126. The first kappa shape index (κ1) is 54.5. The Kier molecular flexibility index (Phi) is 18.4. The second-order valence-electron chi connectivity index (χ2n) is 16.7. The lowest BCUT2D eigenvalue weighted by Gasteiger charge is -2.32. The molecule has 1 saturated heterocycles. The monoisotopic (exact) mass is 1030 g/mol. The van der Waals surface area contributed by atoms with Crippen molar-refractivity contribution in [1.82, 2.24) is 55.3 Å². The molecule has 0 saturated carbocycles. The van der Waals surface area contributed by atoms with Crippen molar-refractivity contribution in [2.24, 2.45) is 5.73 Å². The molecule has 4 aromatic rings. The summed E-state index contributed by atoms with van der Waals surface area (Å²) in [6, 6.07) is 7.11. The van der Waals surface area contributed by atoms with Crippen LogP contribution in [0.25, 0.3) is 0 Å². The number of nitrogens with two attached hydrogens (primary N) is 1. The third kappa shape index (κ3) is 12.8. The predicted octanol–water partition coefficient (Wildman–Crippen LogP) is -4.01. The summed E-state index contributed by atoms with van der Waals surface area (Å²) in [5, 5.41) is 55.3. The first-order valence-electron chi connectivity index (χ1n) is 23.1. The third-order valence-corrected chi connectivity index (χ3v) is 11.8. The fourth-order valence-electron chi connectivity index (χ4n) is 7.94. The number of rotatable bonds is 8. The summed E-state index contributed by atoms with van der Waals surface area (Å²) in [7, 11) is 0. The van der Waals surface area contributed by atoms with Gasteiger partial charge in [-0.25, -0.2) is 0 Å². The molecule has 1 fully saturated rings. The van der Waals surface area contributed by atoms with Gasteiger partial charge < -0.3 is 72.4 Å². The molecule has 8 rings (SSSR count). The zero-order valence-corrected chi connectivity index (χ0v) is 39.5. The van der Waals surface area contributed by atoms with Gasteiger partial charge in [0, 0.05) is 57.9 Å². The van der Waals surface area contributed by atoms with Gasteiger partial charge in [-0.05, 0) is 62.1 Å². The van der Waals surface area contributed by atoms with E-state index in [4.69, 9.17) is 15.2 Å². The van der Waals surface area contributed by atoms with Gasteiger partial charge in [-0.1, -0.05) is 12.1 Å². The van der Waals surface area contributed by atoms with Crippen LogP contribution in [0.3, 0.4) is 0 Å². The molecule has 7 amide bonds. The maximum absolute atomic E-state index is 14.4. The van der Waals surface area contributed by atoms with Crippen molar-refractivity contribution in [1.29, 1.82) is 0 Å². The van der Waals surface area contributed by atoms with E-state index in [1.54, 1.807) is 0 Å². The molecule has 396 valence electrons. The van der Waals surface area contributed by atoms with Gasteiger partial charge >= 0.3 is 0 Å². The highest BCUT2D eigenvalue weighted by molar-refractivity contribution is 5.98. The Labute approximate surface area is 417 Å². The Hall–Kier alpha value is -8.83. The van der Waals surface area contributed by atoms with Gasteiger partial charge in [-0.2, -0.15) is 0 Å². The Morgan fingerprint density at radius 1 is 0.622 bits per heavy atom. The van der Waals surface area contributed by atoms with Gasteiger partial charge in [-0.15, -0.1) is 18.9 Å². The molecule has 11 N–H and O–H groups in total. The van der Waals surface area contributed by atoms with Crippen LogP contribution in [-0.4, -0.2) is 181 Å². The van der Waals surface area contributed by atoms with E-state index < -0.39 is 116 Å². The molecule has 29 heteroatoms. The Morgan fingerprint density at radius 3 is 1.65 bits per heavy atom. The standard InChI is InChI=1S/C45H54N12O17/c46-15-22-73-23-18-49-39(62)30-8-3-19-52(44(67)33-6-1-9-35(58)54(33)69)20-4-16-47-37(60)26-11-13-31(56(71)42(26)65)40(63)50-28-24-74-25-29(28)51-41(64)32-14-12-27(43(66)57(32)72)38(61)48-17-5-21-53(30)45(68)34-7-2-10-36(59)55(34)70/h1-2,6-7,9-14,28-30,69-72H,3-5,8,15-25,46H2,(H,47,60)(H,48,61)(H,49,62)(H,50,63)(H,51,64)/t28-,29+,30?/m1/s1. The predicted molar refractivity (Wildman–Crippen MR) is 252 cm³/mol. The van der Waals surface area contributed by atoms with E-state index in [-0.39, 0.29) is 117 Å². The van der Waals surface area contributed by atoms with Crippen LogP contribution >= 0.6 is 0 Å². The number of aromatic nitrogens is 4. The van der Waals surface area contributed by atoms with Crippen LogP contribution < -0.4 is 54.6 Å². The third-order valence-electron chi connectivity index (χ3n) is 11.8. The number of ether oxygens (including phenoxy) is 2. The van der Waals surface area contributed by atoms with E-state index in [2.05, 4.69) is 26.6 Å². The average Bonchev–Trinajstić information content (AvgIpc) is 3.81. The van der Waals surface area contributed by atoms with Crippen LogP contribution in [0, 0.1) is 0 Å². The molecule has 8 heterocycles. The maximum atomic E-state index is 14.4. The molecule has 0 aliphatic carbocycles. The molecule has 74 heavy (non-hydrogen) atoms. The lowest BCUT2D eigenvalue weighted by Crippen LogP contribution is -2.52. The first-order chi connectivity index (χ1) is 35.4. The molecule has 0 aromatic carbocycles. The number of carbonyl (C=O) groups is 7. The maximum Gasteiger partial charge on any atom is 0.296 e. The van der Waals surface area contributed by atoms with Crippen LogP contribution in [-0.2, 0) is 14.3 Å². The van der Waals surface area contributed by atoms with Crippen LogP contribution in [0.1, 0.15) is 88.4 Å². The SMILES string of the molecule is NCCOCCNC(=O)C1CCCN(C(=O)c2cccc(=O)n2O)CCCNC(=O)c2ccc(n(O)c2=O)C(=O)N[C@@H]2COC[C@@H]2NC(=O)c2ccc(c(=O)n2O)C(=O)NCCCN1C(=O)c1cccc(=O)n1O. The number of nitrogens with zero attached hydrogens (tertiary/aromatic N) is 6. The smallest absolute Gasteiger partial charge is 0.296 e. The summed E-state index contributed by atoms with van der Waals surface area (Å²) >= 11 is 0. The van der Waals surface area contributed by atoms with Crippen molar-refractivity contribution in [3.05, 3.63) is 136 Å². The van der Waals surface area contributed by atoms with E-state index >= 15 is 0 Å². The van der Waals surface area contributed by atoms with Crippen LogP contribution in [0.15, 0.2) is 79.8 Å². The molecular weight excluding hydrogens is 981 g/mol. The van der Waals surface area contributed by atoms with Gasteiger partial charge in [0.25, 0.3) is 57.7 Å². The number of carbonyl (C=O) groups excluding carboxylic acids is 7. The number of nitrogens with one attached hydrogen (secondary N) is 5. The molecule has 0 spiro atoms. The van der Waals surface area contributed by atoms with Crippen molar-refractivity contribution in [2.45, 2.75) is 43.8 Å². The molecule has 4 aromatic heterocycles. The highest BCUT2D eigenvalue weighted by Crippen LogP contribution is 2.16. The summed E-state index contributed by atoms with van der Waals surface area (Å²) in [6.45, 7) is -1.39. The second kappa shape index (κ2) is 25.0. The zero-order chi connectivity index (χ0) is 53.6. The minimum Gasteiger partial charge on any atom is -0.425 e. The number of amides is 7. The number of pyridine rings is 4. The molecule has 4 bridgehead atoms. The highest BCUT2D eigenvalue weighted by Gasteiger charge is 2.35.